The van der Waals surface area contributed by atoms with Crippen LogP contribution >= 0.6 is 0 Å². The van der Waals surface area contributed by atoms with Crippen molar-refractivity contribution in [2.45, 2.75) is 31.6 Å². The number of carbonyl (C=O) groups excluding carboxylic acids is 1. The molecule has 1 aromatic carbocycles. The molecule has 0 radical (unpaired) electrons. The highest BCUT2D eigenvalue weighted by Crippen LogP contribution is 2.21. The Balaban J connectivity index is 1.94. The minimum absolute atomic E-state index is 0.288. The Kier molecular flexibility index (Phi) is 4.32. The van der Waals surface area contributed by atoms with Crippen LogP contribution in [0.15, 0.2) is 24.3 Å². The summed E-state index contributed by atoms with van der Waals surface area (Å²) in [4.78, 5) is 13.3. The number of benzene rings is 1. The van der Waals surface area contributed by atoms with Crippen LogP contribution in [0.25, 0.3) is 0 Å². The zero-order valence-corrected chi connectivity index (χ0v) is 11.2. The predicted octanol–water partition coefficient (Wildman–Crippen LogP) is 2.11. The van der Waals surface area contributed by atoms with E-state index in [1.54, 1.807) is 0 Å². The first-order valence-electron chi connectivity index (χ1n) is 6.49. The summed E-state index contributed by atoms with van der Waals surface area (Å²) in [6.45, 7) is 0.266. The van der Waals surface area contributed by atoms with Crippen LogP contribution in [0.4, 0.5) is 13.2 Å². The fraction of sp³-hybridized carbons (Fsp3) is 0.500. The smallest absolute Gasteiger partial charge is 0.344 e. The second kappa shape index (κ2) is 5.83. The lowest BCUT2D eigenvalue weighted by molar-refractivity contribution is -0.145. The molecule has 2 rings (SSSR count). The third-order valence-corrected chi connectivity index (χ3v) is 3.49. The molecule has 20 heavy (non-hydrogen) atoms. The highest BCUT2D eigenvalue weighted by molar-refractivity contribution is 5.82. The maximum atomic E-state index is 12.2. The van der Waals surface area contributed by atoms with Crippen LogP contribution in [0.5, 0.6) is 0 Å². The molecular weight excluding hydrogens is 269 g/mol. The van der Waals surface area contributed by atoms with Crippen molar-refractivity contribution in [3.8, 4) is 0 Å². The van der Waals surface area contributed by atoms with Gasteiger partial charge in [0.15, 0.2) is 0 Å². The number of fused-ring (bicyclic) bond motifs is 1. The van der Waals surface area contributed by atoms with Crippen LogP contribution < -0.4 is 5.32 Å². The summed E-state index contributed by atoms with van der Waals surface area (Å²) in [7, 11) is 1.41. The second-order valence-corrected chi connectivity index (χ2v) is 5.03. The van der Waals surface area contributed by atoms with Gasteiger partial charge in [0.05, 0.1) is 12.5 Å². The molecule has 0 aromatic heterocycles. The Morgan fingerprint density at radius 2 is 2.00 bits per heavy atom. The molecule has 1 N–H and O–H groups in total. The van der Waals surface area contributed by atoms with Gasteiger partial charge in [-0.3, -0.25) is 4.79 Å². The quantitative estimate of drug-likeness (QED) is 0.923. The molecule has 0 spiro atoms. The Hall–Kier alpha value is -1.56. The van der Waals surface area contributed by atoms with Crippen molar-refractivity contribution in [1.29, 1.82) is 0 Å². The number of amides is 1. The Bertz CT molecular complexity index is 488. The molecule has 1 heterocycles. The number of carbonyl (C=O) groups is 1. The molecule has 1 aromatic rings. The van der Waals surface area contributed by atoms with E-state index in [4.69, 9.17) is 0 Å². The molecule has 1 unspecified atom stereocenters. The van der Waals surface area contributed by atoms with Gasteiger partial charge in [-0.2, -0.15) is 13.2 Å². The lowest BCUT2D eigenvalue weighted by atomic mass is 9.95. The van der Waals surface area contributed by atoms with Crippen LogP contribution in [0.1, 0.15) is 17.5 Å². The zero-order chi connectivity index (χ0) is 14.8. The summed E-state index contributed by atoms with van der Waals surface area (Å²) in [5.41, 5.74) is 2.21. The lowest BCUT2D eigenvalue weighted by Gasteiger charge is -2.29. The average Bonchev–Trinajstić information content (AvgIpc) is 2.42. The normalized spacial score (nSPS) is 18.5. The van der Waals surface area contributed by atoms with Gasteiger partial charge < -0.3 is 10.2 Å². The molecule has 110 valence electrons. The first kappa shape index (κ1) is 14.8. The van der Waals surface area contributed by atoms with Crippen molar-refractivity contribution >= 4 is 5.91 Å². The molecule has 1 atom stereocenters. The van der Waals surface area contributed by atoms with E-state index in [1.165, 1.54) is 7.05 Å². The number of rotatable bonds is 3. The molecule has 0 saturated carbocycles. The van der Waals surface area contributed by atoms with Gasteiger partial charge in [-0.1, -0.05) is 24.3 Å². The maximum Gasteiger partial charge on any atom is 0.390 e. The highest BCUT2D eigenvalue weighted by Gasteiger charge is 2.30. The Morgan fingerprint density at radius 3 is 2.65 bits per heavy atom. The van der Waals surface area contributed by atoms with Gasteiger partial charge in [0.25, 0.3) is 0 Å². The Morgan fingerprint density at radius 1 is 1.35 bits per heavy atom. The molecular formula is C14H17F3N2O. The minimum atomic E-state index is -4.23. The van der Waals surface area contributed by atoms with Gasteiger partial charge in [-0.25, -0.2) is 0 Å². The fourth-order valence-electron chi connectivity index (χ4n) is 2.30. The van der Waals surface area contributed by atoms with E-state index in [1.807, 2.05) is 24.3 Å². The van der Waals surface area contributed by atoms with Crippen LogP contribution in [0.3, 0.4) is 0 Å². The van der Waals surface area contributed by atoms with E-state index in [0.717, 1.165) is 16.0 Å². The van der Waals surface area contributed by atoms with Gasteiger partial charge in [-0.15, -0.1) is 0 Å². The predicted molar refractivity (Wildman–Crippen MR) is 69.1 cm³/mol. The Labute approximate surface area is 115 Å². The molecule has 0 bridgehead atoms. The van der Waals surface area contributed by atoms with E-state index in [2.05, 4.69) is 5.32 Å². The molecule has 3 nitrogen and oxygen atoms in total. The third kappa shape index (κ3) is 3.72. The topological polar surface area (TPSA) is 32.3 Å². The third-order valence-electron chi connectivity index (χ3n) is 3.49. The molecule has 0 saturated heterocycles. The number of alkyl halides is 3. The minimum Gasteiger partial charge on any atom is -0.344 e. The molecule has 1 amide bonds. The van der Waals surface area contributed by atoms with Crippen LogP contribution in [0, 0.1) is 0 Å². The van der Waals surface area contributed by atoms with E-state index >= 15 is 0 Å². The summed E-state index contributed by atoms with van der Waals surface area (Å²) in [6.07, 6.45) is -4.69. The number of likely N-dealkylation sites (N-methyl/N-ethyl adjacent to an activating group) is 1. The number of nitrogens with one attached hydrogen (secondary N) is 1. The van der Waals surface area contributed by atoms with Crippen molar-refractivity contribution in [2.24, 2.45) is 0 Å². The number of halogens is 3. The molecule has 6 heteroatoms. The largest absolute Gasteiger partial charge is 0.390 e. The molecule has 0 aliphatic carbocycles. The van der Waals surface area contributed by atoms with Gasteiger partial charge in [0.2, 0.25) is 5.91 Å². The summed E-state index contributed by atoms with van der Waals surface area (Å²) in [5.74, 6) is -0.288. The molecule has 0 fully saturated rings. The average molecular weight is 286 g/mol. The maximum absolute atomic E-state index is 12.2. The van der Waals surface area contributed by atoms with Crippen molar-refractivity contribution in [2.75, 3.05) is 13.6 Å². The first-order chi connectivity index (χ1) is 9.37. The van der Waals surface area contributed by atoms with Gasteiger partial charge >= 0.3 is 6.18 Å². The van der Waals surface area contributed by atoms with E-state index < -0.39 is 18.6 Å². The van der Waals surface area contributed by atoms with Crippen molar-refractivity contribution in [3.63, 3.8) is 0 Å². The van der Waals surface area contributed by atoms with Crippen LogP contribution in [-0.2, 0) is 17.8 Å². The van der Waals surface area contributed by atoms with Gasteiger partial charge in [-0.05, 0) is 17.5 Å². The molecule has 1 aliphatic heterocycles. The van der Waals surface area contributed by atoms with Crippen molar-refractivity contribution in [1.82, 2.24) is 10.2 Å². The summed E-state index contributed by atoms with van der Waals surface area (Å²) >= 11 is 0. The highest BCUT2D eigenvalue weighted by atomic mass is 19.4. The number of hydrogen-bond donors (Lipinski definition) is 1. The van der Waals surface area contributed by atoms with Crippen molar-refractivity contribution < 1.29 is 18.0 Å². The van der Waals surface area contributed by atoms with E-state index in [0.29, 0.717) is 13.0 Å². The first-order valence-corrected chi connectivity index (χ1v) is 6.49. The fourth-order valence-corrected chi connectivity index (χ4v) is 2.30. The van der Waals surface area contributed by atoms with E-state index in [9.17, 15) is 18.0 Å². The van der Waals surface area contributed by atoms with Crippen LogP contribution in [0.2, 0.25) is 0 Å². The SMILES string of the molecule is CN(CCC(F)(F)F)C(=O)C1Cc2ccccc2CN1. The second-order valence-electron chi connectivity index (χ2n) is 5.03. The van der Waals surface area contributed by atoms with Crippen LogP contribution in [-0.4, -0.2) is 36.6 Å². The number of nitrogens with zero attached hydrogens (tertiary/aromatic N) is 1. The van der Waals surface area contributed by atoms with Gasteiger partial charge in [0, 0.05) is 20.1 Å². The van der Waals surface area contributed by atoms with E-state index in [-0.39, 0.29) is 12.5 Å². The zero-order valence-electron chi connectivity index (χ0n) is 11.2. The van der Waals surface area contributed by atoms with Crippen molar-refractivity contribution in [3.05, 3.63) is 35.4 Å². The summed E-state index contributed by atoms with van der Waals surface area (Å²) in [5, 5.41) is 3.08. The molecule has 1 aliphatic rings. The summed E-state index contributed by atoms with van der Waals surface area (Å²) < 4.78 is 36.5. The standard InChI is InChI=1S/C14H17F3N2O/c1-19(7-6-14(15,16)17)13(20)12-8-10-4-2-3-5-11(10)9-18-12/h2-5,12,18H,6-9H2,1H3. The monoisotopic (exact) mass is 286 g/mol. The number of hydrogen-bond acceptors (Lipinski definition) is 2. The van der Waals surface area contributed by atoms with Gasteiger partial charge in [0.1, 0.15) is 0 Å². The lowest BCUT2D eigenvalue weighted by Crippen LogP contribution is -2.48. The summed E-state index contributed by atoms with van der Waals surface area (Å²) in [6, 6.07) is 7.32.